The highest BCUT2D eigenvalue weighted by Crippen LogP contribution is 2.28. The third-order valence-electron chi connectivity index (χ3n) is 3.63. The largest absolute Gasteiger partial charge is 0.497 e. The molecule has 0 fully saturated rings. The van der Waals surface area contributed by atoms with Gasteiger partial charge >= 0.3 is 0 Å². The van der Waals surface area contributed by atoms with Crippen LogP contribution in [-0.4, -0.2) is 33.3 Å². The second-order valence-corrected chi connectivity index (χ2v) is 6.92. The number of nitrogens with two attached hydrogens (primary N) is 1. The van der Waals surface area contributed by atoms with Gasteiger partial charge in [0.1, 0.15) is 17.2 Å². The summed E-state index contributed by atoms with van der Waals surface area (Å²) in [6.45, 7) is 1.68. The molecule has 0 aliphatic heterocycles. The summed E-state index contributed by atoms with van der Waals surface area (Å²) in [5, 5.41) is 20.4. The number of benzene rings is 2. The molecule has 0 aliphatic carbocycles. The third kappa shape index (κ3) is 4.71. The van der Waals surface area contributed by atoms with E-state index in [0.717, 1.165) is 12.1 Å². The molecule has 27 heavy (non-hydrogen) atoms. The summed E-state index contributed by atoms with van der Waals surface area (Å²) in [4.78, 5) is 10.2. The minimum Gasteiger partial charge on any atom is -0.497 e. The van der Waals surface area contributed by atoms with Crippen molar-refractivity contribution in [2.24, 2.45) is 10.2 Å². The van der Waals surface area contributed by atoms with E-state index in [0.29, 0.717) is 22.8 Å². The average molecular weight is 394 g/mol. The molecule has 0 radical (unpaired) electrons. The highest BCUT2D eigenvalue weighted by atomic mass is 32.2. The van der Waals surface area contributed by atoms with Crippen molar-refractivity contribution in [3.05, 3.63) is 52.1 Å². The van der Waals surface area contributed by atoms with Crippen molar-refractivity contribution < 1.29 is 22.8 Å². The van der Waals surface area contributed by atoms with Gasteiger partial charge in [0.2, 0.25) is 10.0 Å². The van der Waals surface area contributed by atoms with Gasteiger partial charge in [-0.3, -0.25) is 15.5 Å². The first kappa shape index (κ1) is 20.1. The second kappa shape index (κ2) is 8.01. The predicted octanol–water partition coefficient (Wildman–Crippen LogP) is 2.10. The number of ether oxygens (including phenoxy) is 2. The van der Waals surface area contributed by atoms with E-state index >= 15 is 0 Å². The fourth-order valence-corrected chi connectivity index (χ4v) is 2.77. The number of hydrogen-bond acceptors (Lipinski definition) is 8. The Morgan fingerprint density at radius 1 is 1.19 bits per heavy atom. The minimum absolute atomic E-state index is 0.00797. The number of hydrogen-bond donors (Lipinski definition) is 2. The molecule has 0 atom stereocenters. The van der Waals surface area contributed by atoms with Gasteiger partial charge in [-0.05, 0) is 37.3 Å². The molecule has 2 aromatic rings. The molecule has 11 heteroatoms. The first-order chi connectivity index (χ1) is 12.7. The van der Waals surface area contributed by atoms with E-state index < -0.39 is 20.6 Å². The topological polar surface area (TPSA) is 146 Å². The van der Waals surface area contributed by atoms with E-state index in [1.807, 2.05) is 0 Å². The minimum atomic E-state index is -4.07. The monoisotopic (exact) mass is 394 g/mol. The molecule has 0 saturated carbocycles. The van der Waals surface area contributed by atoms with Crippen molar-refractivity contribution in [3.63, 3.8) is 0 Å². The Labute approximate surface area is 155 Å². The first-order valence-electron chi connectivity index (χ1n) is 7.51. The first-order valence-corrected chi connectivity index (χ1v) is 9.06. The molecule has 0 heterocycles. The zero-order valence-electron chi connectivity index (χ0n) is 14.8. The highest BCUT2D eigenvalue weighted by molar-refractivity contribution is 7.89. The molecule has 0 bridgehead atoms. The maximum Gasteiger partial charge on any atom is 0.295 e. The number of primary sulfonamides is 1. The van der Waals surface area contributed by atoms with E-state index in [9.17, 15) is 18.5 Å². The number of rotatable bonds is 7. The molecule has 0 saturated heterocycles. The summed E-state index contributed by atoms with van der Waals surface area (Å²) >= 11 is 0. The van der Waals surface area contributed by atoms with E-state index in [-0.39, 0.29) is 10.6 Å². The van der Waals surface area contributed by atoms with Crippen molar-refractivity contribution in [2.75, 3.05) is 19.6 Å². The molecule has 144 valence electrons. The van der Waals surface area contributed by atoms with Crippen LogP contribution in [0.5, 0.6) is 11.5 Å². The van der Waals surface area contributed by atoms with Crippen LogP contribution in [0.3, 0.4) is 0 Å². The van der Waals surface area contributed by atoms with E-state index in [1.54, 1.807) is 25.1 Å². The SMILES string of the molecule is COc1ccc(OC)c(C(C)=NNc2ccc(S(N)(=O)=O)cc2[N+](=O)[O-])c1. The second-order valence-electron chi connectivity index (χ2n) is 5.36. The lowest BCUT2D eigenvalue weighted by molar-refractivity contribution is -0.384. The molecule has 0 spiro atoms. The number of sulfonamides is 1. The van der Waals surface area contributed by atoms with Crippen LogP contribution in [0.4, 0.5) is 11.4 Å². The number of anilines is 1. The molecule has 3 N–H and O–H groups in total. The number of methoxy groups -OCH3 is 2. The van der Waals surface area contributed by atoms with Gasteiger partial charge in [-0.25, -0.2) is 13.6 Å². The summed E-state index contributed by atoms with van der Waals surface area (Å²) in [5.74, 6) is 1.13. The number of nitro groups is 1. The molecule has 2 rings (SSSR count). The standard InChI is InChI=1S/C16H18N4O6S/c1-10(13-8-11(25-2)4-7-16(13)26-3)18-19-14-6-5-12(27(17,23)24)9-15(14)20(21)22/h4-9,19H,1-3H3,(H2,17,23,24). The van der Waals surface area contributed by atoms with Crippen LogP contribution in [-0.2, 0) is 10.0 Å². The zero-order valence-corrected chi connectivity index (χ0v) is 15.6. The molecular weight excluding hydrogens is 376 g/mol. The lowest BCUT2D eigenvalue weighted by Gasteiger charge is -2.11. The highest BCUT2D eigenvalue weighted by Gasteiger charge is 2.19. The van der Waals surface area contributed by atoms with Gasteiger partial charge in [0, 0.05) is 11.6 Å². The van der Waals surface area contributed by atoms with Crippen molar-refractivity contribution in [1.29, 1.82) is 0 Å². The normalized spacial score (nSPS) is 11.8. The maximum absolute atomic E-state index is 11.4. The van der Waals surface area contributed by atoms with Crippen LogP contribution in [0.15, 0.2) is 46.4 Å². The average Bonchev–Trinajstić information content (AvgIpc) is 2.64. The number of nitro benzene ring substituents is 1. The zero-order chi connectivity index (χ0) is 20.2. The van der Waals surface area contributed by atoms with Crippen LogP contribution in [0.1, 0.15) is 12.5 Å². The van der Waals surface area contributed by atoms with Gasteiger partial charge < -0.3 is 9.47 Å². The fourth-order valence-electron chi connectivity index (χ4n) is 2.24. The van der Waals surface area contributed by atoms with Crippen LogP contribution < -0.4 is 20.0 Å². The molecule has 0 amide bonds. The number of nitrogens with zero attached hydrogens (tertiary/aromatic N) is 2. The molecular formula is C16H18N4O6S. The van der Waals surface area contributed by atoms with Crippen LogP contribution >= 0.6 is 0 Å². The van der Waals surface area contributed by atoms with Gasteiger partial charge in [-0.1, -0.05) is 0 Å². The van der Waals surface area contributed by atoms with Gasteiger partial charge in [-0.2, -0.15) is 5.10 Å². The smallest absolute Gasteiger partial charge is 0.295 e. The Morgan fingerprint density at radius 2 is 1.89 bits per heavy atom. The van der Waals surface area contributed by atoms with Crippen molar-refractivity contribution in [1.82, 2.24) is 0 Å². The van der Waals surface area contributed by atoms with E-state index in [1.165, 1.54) is 20.3 Å². The Bertz CT molecular complexity index is 1000. The number of nitrogens with one attached hydrogen (secondary N) is 1. The lowest BCUT2D eigenvalue weighted by atomic mass is 10.1. The maximum atomic E-state index is 11.4. The Balaban J connectivity index is 2.41. The number of hydrazone groups is 1. The molecule has 0 aliphatic rings. The van der Waals surface area contributed by atoms with Gasteiger partial charge in [-0.15, -0.1) is 0 Å². The predicted molar refractivity (Wildman–Crippen MR) is 99.8 cm³/mol. The summed E-state index contributed by atoms with van der Waals surface area (Å²) in [6, 6.07) is 8.38. The summed E-state index contributed by atoms with van der Waals surface area (Å²) < 4.78 is 33.2. The Kier molecular flexibility index (Phi) is 5.98. The fraction of sp³-hybridized carbons (Fsp3) is 0.188. The Hall–Kier alpha value is -3.18. The Morgan fingerprint density at radius 3 is 2.44 bits per heavy atom. The van der Waals surface area contributed by atoms with Crippen molar-refractivity contribution >= 4 is 27.1 Å². The molecule has 10 nitrogen and oxygen atoms in total. The molecule has 2 aromatic carbocycles. The van der Waals surface area contributed by atoms with Gasteiger partial charge in [0.15, 0.2) is 0 Å². The van der Waals surface area contributed by atoms with Gasteiger partial charge in [0.05, 0.1) is 29.8 Å². The molecule has 0 aromatic heterocycles. The lowest BCUT2D eigenvalue weighted by Crippen LogP contribution is -2.12. The summed E-state index contributed by atoms with van der Waals surface area (Å²) in [7, 11) is -1.04. The quantitative estimate of drug-likeness (QED) is 0.415. The summed E-state index contributed by atoms with van der Waals surface area (Å²) in [6.07, 6.45) is 0. The van der Waals surface area contributed by atoms with Crippen LogP contribution in [0.2, 0.25) is 0 Å². The van der Waals surface area contributed by atoms with E-state index in [2.05, 4.69) is 10.5 Å². The van der Waals surface area contributed by atoms with Gasteiger partial charge in [0.25, 0.3) is 5.69 Å². The van der Waals surface area contributed by atoms with Crippen LogP contribution in [0.25, 0.3) is 0 Å². The molecule has 0 unspecified atom stereocenters. The van der Waals surface area contributed by atoms with Crippen molar-refractivity contribution in [2.45, 2.75) is 11.8 Å². The third-order valence-corrected chi connectivity index (χ3v) is 4.55. The van der Waals surface area contributed by atoms with E-state index in [4.69, 9.17) is 14.6 Å². The van der Waals surface area contributed by atoms with Crippen LogP contribution in [0, 0.1) is 10.1 Å². The van der Waals surface area contributed by atoms with Crippen molar-refractivity contribution in [3.8, 4) is 11.5 Å². The summed E-state index contributed by atoms with van der Waals surface area (Å²) in [5.41, 5.74) is 3.19.